The number of aliphatic hydroxyl groups excluding tert-OH is 1. The van der Waals surface area contributed by atoms with Gasteiger partial charge < -0.3 is 9.84 Å². The van der Waals surface area contributed by atoms with Gasteiger partial charge in [0.05, 0.1) is 12.2 Å². The highest BCUT2D eigenvalue weighted by molar-refractivity contribution is 5.28. The molecule has 0 spiro atoms. The number of ether oxygens (including phenoxy) is 1. The normalized spacial score (nSPS) is 25.7. The van der Waals surface area contributed by atoms with Crippen molar-refractivity contribution in [1.82, 2.24) is 0 Å². The van der Waals surface area contributed by atoms with E-state index < -0.39 is 0 Å². The molecule has 1 aromatic carbocycles. The summed E-state index contributed by atoms with van der Waals surface area (Å²) in [7, 11) is 0. The Morgan fingerprint density at radius 3 is 2.33 bits per heavy atom. The van der Waals surface area contributed by atoms with E-state index in [1.165, 1.54) is 25.7 Å². The second-order valence-corrected chi connectivity index (χ2v) is 5.49. The maximum atomic E-state index is 9.73. The van der Waals surface area contributed by atoms with Gasteiger partial charge >= 0.3 is 0 Å². The summed E-state index contributed by atoms with van der Waals surface area (Å²) in [6.07, 6.45) is 5.66. The standard InChI is InChI=1S/C16H24O2/c1-3-16(17)13-6-10-15(11-7-13)18-14-8-4-12(2)5-9-14/h6-7,10-12,14,16-17H,3-5,8-9H2,1-2H3/t12?,14?,16-/m1/s1. The molecule has 0 amide bonds. The van der Waals surface area contributed by atoms with E-state index in [1.807, 2.05) is 31.2 Å². The van der Waals surface area contributed by atoms with Gasteiger partial charge in [0.15, 0.2) is 0 Å². The predicted molar refractivity (Wildman–Crippen MR) is 73.7 cm³/mol. The topological polar surface area (TPSA) is 29.5 Å². The highest BCUT2D eigenvalue weighted by Crippen LogP contribution is 2.28. The number of aliphatic hydroxyl groups is 1. The highest BCUT2D eigenvalue weighted by Gasteiger charge is 2.19. The van der Waals surface area contributed by atoms with E-state index in [0.717, 1.165) is 23.7 Å². The third-order valence-electron chi connectivity index (χ3n) is 3.92. The maximum Gasteiger partial charge on any atom is 0.119 e. The average Bonchev–Trinajstić information content (AvgIpc) is 2.41. The summed E-state index contributed by atoms with van der Waals surface area (Å²) in [6, 6.07) is 7.89. The fraction of sp³-hybridized carbons (Fsp3) is 0.625. The van der Waals surface area contributed by atoms with Gasteiger partial charge in [0.25, 0.3) is 0 Å². The van der Waals surface area contributed by atoms with Gasteiger partial charge in [-0.15, -0.1) is 0 Å². The van der Waals surface area contributed by atoms with Crippen molar-refractivity contribution in [3.05, 3.63) is 29.8 Å². The average molecular weight is 248 g/mol. The number of hydrogen-bond donors (Lipinski definition) is 1. The first kappa shape index (κ1) is 13.4. The van der Waals surface area contributed by atoms with Crippen LogP contribution < -0.4 is 4.74 Å². The Labute approximate surface area is 110 Å². The van der Waals surface area contributed by atoms with Crippen LogP contribution in [0.3, 0.4) is 0 Å². The quantitative estimate of drug-likeness (QED) is 0.869. The van der Waals surface area contributed by atoms with Gasteiger partial charge in [0.2, 0.25) is 0 Å². The van der Waals surface area contributed by atoms with Crippen molar-refractivity contribution in [2.75, 3.05) is 0 Å². The van der Waals surface area contributed by atoms with E-state index in [2.05, 4.69) is 6.92 Å². The monoisotopic (exact) mass is 248 g/mol. The van der Waals surface area contributed by atoms with Crippen LogP contribution in [-0.4, -0.2) is 11.2 Å². The summed E-state index contributed by atoms with van der Waals surface area (Å²) in [5.41, 5.74) is 0.974. The van der Waals surface area contributed by atoms with Crippen LogP contribution in [-0.2, 0) is 0 Å². The maximum absolute atomic E-state index is 9.73. The van der Waals surface area contributed by atoms with Crippen LogP contribution in [0, 0.1) is 5.92 Å². The fourth-order valence-electron chi connectivity index (χ4n) is 2.54. The second kappa shape index (κ2) is 6.24. The van der Waals surface area contributed by atoms with Crippen molar-refractivity contribution in [1.29, 1.82) is 0 Å². The molecule has 0 heterocycles. The smallest absolute Gasteiger partial charge is 0.119 e. The van der Waals surface area contributed by atoms with Crippen molar-refractivity contribution >= 4 is 0 Å². The molecule has 1 aliphatic carbocycles. The van der Waals surface area contributed by atoms with E-state index >= 15 is 0 Å². The van der Waals surface area contributed by atoms with Crippen molar-refractivity contribution in [2.24, 2.45) is 5.92 Å². The molecular formula is C16H24O2. The van der Waals surface area contributed by atoms with E-state index in [0.29, 0.717) is 6.10 Å². The zero-order chi connectivity index (χ0) is 13.0. The van der Waals surface area contributed by atoms with Gasteiger partial charge in [0.1, 0.15) is 5.75 Å². The minimum Gasteiger partial charge on any atom is -0.490 e. The van der Waals surface area contributed by atoms with Crippen LogP contribution >= 0.6 is 0 Å². The molecule has 1 aromatic rings. The molecule has 1 N–H and O–H groups in total. The molecule has 100 valence electrons. The van der Waals surface area contributed by atoms with E-state index in [1.54, 1.807) is 0 Å². The lowest BCUT2D eigenvalue weighted by Gasteiger charge is -2.27. The Bertz CT molecular complexity index is 350. The Hall–Kier alpha value is -1.02. The van der Waals surface area contributed by atoms with Crippen molar-refractivity contribution in [2.45, 2.75) is 58.2 Å². The minimum absolute atomic E-state index is 0.352. The molecule has 0 aliphatic heterocycles. The molecule has 1 saturated carbocycles. The lowest BCUT2D eigenvalue weighted by Crippen LogP contribution is -2.22. The van der Waals surface area contributed by atoms with Crippen LogP contribution in [0.4, 0.5) is 0 Å². The van der Waals surface area contributed by atoms with Gasteiger partial charge in [-0.2, -0.15) is 0 Å². The third-order valence-corrected chi connectivity index (χ3v) is 3.92. The van der Waals surface area contributed by atoms with Crippen LogP contribution in [0.5, 0.6) is 5.75 Å². The number of rotatable bonds is 4. The van der Waals surface area contributed by atoms with Crippen LogP contribution in [0.15, 0.2) is 24.3 Å². The van der Waals surface area contributed by atoms with Crippen molar-refractivity contribution < 1.29 is 9.84 Å². The minimum atomic E-state index is -0.352. The Morgan fingerprint density at radius 1 is 1.17 bits per heavy atom. The summed E-state index contributed by atoms with van der Waals surface area (Å²) in [5.74, 6) is 1.79. The third kappa shape index (κ3) is 3.49. The zero-order valence-corrected chi connectivity index (χ0v) is 11.4. The SMILES string of the molecule is CC[C@@H](O)c1ccc(OC2CCC(C)CC2)cc1. The van der Waals surface area contributed by atoms with Crippen molar-refractivity contribution in [3.63, 3.8) is 0 Å². The van der Waals surface area contributed by atoms with Gasteiger partial charge in [-0.3, -0.25) is 0 Å². The predicted octanol–water partition coefficient (Wildman–Crippen LogP) is 4.09. The largest absolute Gasteiger partial charge is 0.490 e. The summed E-state index contributed by atoms with van der Waals surface area (Å²) in [4.78, 5) is 0. The molecule has 0 bridgehead atoms. The molecule has 1 fully saturated rings. The van der Waals surface area contributed by atoms with Crippen LogP contribution in [0.1, 0.15) is 57.6 Å². The molecule has 0 saturated heterocycles. The molecular weight excluding hydrogens is 224 g/mol. The second-order valence-electron chi connectivity index (χ2n) is 5.49. The molecule has 0 aromatic heterocycles. The van der Waals surface area contributed by atoms with E-state index in [9.17, 15) is 5.11 Å². The van der Waals surface area contributed by atoms with Crippen molar-refractivity contribution in [3.8, 4) is 5.75 Å². The molecule has 18 heavy (non-hydrogen) atoms. The fourth-order valence-corrected chi connectivity index (χ4v) is 2.54. The number of hydrogen-bond acceptors (Lipinski definition) is 2. The Morgan fingerprint density at radius 2 is 1.78 bits per heavy atom. The highest BCUT2D eigenvalue weighted by atomic mass is 16.5. The first-order chi connectivity index (χ1) is 8.69. The zero-order valence-electron chi connectivity index (χ0n) is 11.4. The van der Waals surface area contributed by atoms with Crippen LogP contribution in [0.25, 0.3) is 0 Å². The summed E-state index contributed by atoms with van der Waals surface area (Å²) in [6.45, 7) is 4.30. The van der Waals surface area contributed by atoms with Gasteiger partial charge in [-0.05, 0) is 55.7 Å². The first-order valence-electron chi connectivity index (χ1n) is 7.13. The summed E-state index contributed by atoms with van der Waals surface area (Å²) >= 11 is 0. The van der Waals surface area contributed by atoms with Gasteiger partial charge in [0, 0.05) is 0 Å². The number of benzene rings is 1. The molecule has 0 unspecified atom stereocenters. The first-order valence-corrected chi connectivity index (χ1v) is 7.13. The molecule has 1 atom stereocenters. The summed E-state index contributed by atoms with van der Waals surface area (Å²) in [5, 5.41) is 9.73. The van der Waals surface area contributed by atoms with Crippen LogP contribution in [0.2, 0.25) is 0 Å². The molecule has 2 rings (SSSR count). The molecule has 0 radical (unpaired) electrons. The lowest BCUT2D eigenvalue weighted by atomic mass is 9.89. The van der Waals surface area contributed by atoms with Gasteiger partial charge in [-0.1, -0.05) is 26.0 Å². The lowest BCUT2D eigenvalue weighted by molar-refractivity contribution is 0.135. The van der Waals surface area contributed by atoms with E-state index in [4.69, 9.17) is 4.74 Å². The Kier molecular flexibility index (Phi) is 4.65. The molecule has 2 heteroatoms. The molecule has 1 aliphatic rings. The molecule has 2 nitrogen and oxygen atoms in total. The van der Waals surface area contributed by atoms with E-state index in [-0.39, 0.29) is 6.10 Å². The Balaban J connectivity index is 1.90. The summed E-state index contributed by atoms with van der Waals surface area (Å²) < 4.78 is 5.99. The van der Waals surface area contributed by atoms with Gasteiger partial charge in [-0.25, -0.2) is 0 Å².